The van der Waals surface area contributed by atoms with Crippen LogP contribution in [0.4, 0.5) is 4.79 Å². The second-order valence-corrected chi connectivity index (χ2v) is 8.85. The maximum absolute atomic E-state index is 13.5. The number of esters is 1. The number of urea groups is 1. The minimum Gasteiger partial charge on any atom is -0.497 e. The van der Waals surface area contributed by atoms with Gasteiger partial charge in [0.15, 0.2) is 0 Å². The summed E-state index contributed by atoms with van der Waals surface area (Å²) in [5.41, 5.74) is 3.72. The fourth-order valence-corrected chi connectivity index (χ4v) is 4.66. The van der Waals surface area contributed by atoms with Crippen LogP contribution in [-0.2, 0) is 14.3 Å². The summed E-state index contributed by atoms with van der Waals surface area (Å²) in [6.45, 7) is 5.49. The standard InChI is InChI=1S/C28H29N3O6/c1-7-37-27(34)21-17(3)31(19-12-14-20(36-6)15-13-19)24(18-10-8-16(2)9-11-18)22(21)23-25(32)29(4)28(35)30(5)26(23)33/h8-15,23H,7H2,1-6H3. The minimum atomic E-state index is -1.42. The van der Waals surface area contributed by atoms with Gasteiger partial charge in [-0.05, 0) is 50.6 Å². The lowest BCUT2D eigenvalue weighted by Gasteiger charge is -2.33. The predicted octanol–water partition coefficient (Wildman–Crippen LogP) is 4.08. The predicted molar refractivity (Wildman–Crippen MR) is 137 cm³/mol. The van der Waals surface area contributed by atoms with Crippen molar-refractivity contribution >= 4 is 23.8 Å². The maximum Gasteiger partial charge on any atom is 0.340 e. The third kappa shape index (κ3) is 4.26. The number of nitrogens with zero attached hydrogens (tertiary/aromatic N) is 3. The summed E-state index contributed by atoms with van der Waals surface area (Å²) >= 11 is 0. The van der Waals surface area contributed by atoms with Crippen LogP contribution in [0, 0.1) is 13.8 Å². The van der Waals surface area contributed by atoms with E-state index in [0.717, 1.165) is 15.4 Å². The van der Waals surface area contributed by atoms with E-state index < -0.39 is 29.7 Å². The smallest absolute Gasteiger partial charge is 0.340 e. The summed E-state index contributed by atoms with van der Waals surface area (Å²) in [6.07, 6.45) is 0. The Hall–Kier alpha value is -4.40. The van der Waals surface area contributed by atoms with E-state index in [2.05, 4.69) is 0 Å². The number of aromatic nitrogens is 1. The van der Waals surface area contributed by atoms with Gasteiger partial charge in [-0.3, -0.25) is 19.4 Å². The molecule has 1 aromatic heterocycles. The van der Waals surface area contributed by atoms with Crippen molar-refractivity contribution in [3.63, 3.8) is 0 Å². The highest BCUT2D eigenvalue weighted by Gasteiger charge is 2.47. The lowest BCUT2D eigenvalue weighted by molar-refractivity contribution is -0.143. The number of hydrogen-bond acceptors (Lipinski definition) is 6. The number of carbonyl (C=O) groups is 4. The van der Waals surface area contributed by atoms with E-state index in [1.807, 2.05) is 47.9 Å². The Morgan fingerprint density at radius 1 is 0.892 bits per heavy atom. The summed E-state index contributed by atoms with van der Waals surface area (Å²) in [5.74, 6) is -2.84. The van der Waals surface area contributed by atoms with Gasteiger partial charge in [0.05, 0.1) is 25.0 Å². The molecule has 0 unspecified atom stereocenters. The number of benzene rings is 2. The van der Waals surface area contributed by atoms with Crippen molar-refractivity contribution in [1.29, 1.82) is 0 Å². The van der Waals surface area contributed by atoms with Gasteiger partial charge in [0, 0.05) is 31.0 Å². The second kappa shape index (κ2) is 9.93. The number of barbiturate groups is 1. The normalized spacial score (nSPS) is 14.4. The number of methoxy groups -OCH3 is 1. The maximum atomic E-state index is 13.5. The van der Waals surface area contributed by atoms with E-state index in [-0.39, 0.29) is 17.7 Å². The quantitative estimate of drug-likeness (QED) is 0.371. The highest BCUT2D eigenvalue weighted by atomic mass is 16.5. The van der Waals surface area contributed by atoms with Gasteiger partial charge < -0.3 is 14.0 Å². The summed E-state index contributed by atoms with van der Waals surface area (Å²) < 4.78 is 12.5. The minimum absolute atomic E-state index is 0.107. The Balaban J connectivity index is 2.13. The molecule has 1 fully saturated rings. The van der Waals surface area contributed by atoms with E-state index in [4.69, 9.17) is 9.47 Å². The molecule has 37 heavy (non-hydrogen) atoms. The molecule has 4 amide bonds. The average molecular weight is 504 g/mol. The Bertz CT molecular complexity index is 1360. The van der Waals surface area contributed by atoms with Crippen molar-refractivity contribution < 1.29 is 28.7 Å². The lowest BCUT2D eigenvalue weighted by atomic mass is 9.88. The van der Waals surface area contributed by atoms with Crippen LogP contribution in [0.25, 0.3) is 16.9 Å². The first-order chi connectivity index (χ1) is 17.6. The first-order valence-corrected chi connectivity index (χ1v) is 11.8. The average Bonchev–Trinajstić information content (AvgIpc) is 3.19. The van der Waals surface area contributed by atoms with E-state index in [1.54, 1.807) is 33.1 Å². The summed E-state index contributed by atoms with van der Waals surface area (Å²) in [7, 11) is 4.21. The van der Waals surface area contributed by atoms with Crippen LogP contribution in [0.2, 0.25) is 0 Å². The number of carbonyl (C=O) groups excluding carboxylic acids is 4. The molecule has 0 N–H and O–H groups in total. The zero-order chi connectivity index (χ0) is 27.0. The molecule has 1 aliphatic heterocycles. The molecule has 2 heterocycles. The van der Waals surface area contributed by atoms with Gasteiger partial charge in [-0.25, -0.2) is 9.59 Å². The fourth-order valence-electron chi connectivity index (χ4n) is 4.66. The van der Waals surface area contributed by atoms with Crippen LogP contribution in [-0.4, -0.2) is 66.0 Å². The van der Waals surface area contributed by atoms with Crippen molar-refractivity contribution in [3.05, 3.63) is 70.9 Å². The van der Waals surface area contributed by atoms with Gasteiger partial charge in [0.1, 0.15) is 11.7 Å². The van der Waals surface area contributed by atoms with Crippen LogP contribution in [0.1, 0.15) is 40.0 Å². The van der Waals surface area contributed by atoms with E-state index in [1.165, 1.54) is 14.1 Å². The number of ether oxygens (including phenoxy) is 2. The highest BCUT2D eigenvalue weighted by molar-refractivity contribution is 6.20. The van der Waals surface area contributed by atoms with Gasteiger partial charge in [0.25, 0.3) is 0 Å². The molecule has 0 bridgehead atoms. The van der Waals surface area contributed by atoms with Gasteiger partial charge in [0.2, 0.25) is 11.8 Å². The number of aryl methyl sites for hydroxylation is 1. The Morgan fingerprint density at radius 3 is 1.97 bits per heavy atom. The summed E-state index contributed by atoms with van der Waals surface area (Å²) in [5, 5.41) is 0. The van der Waals surface area contributed by atoms with Crippen molar-refractivity contribution in [1.82, 2.24) is 14.4 Å². The largest absolute Gasteiger partial charge is 0.497 e. The number of imide groups is 2. The van der Waals surface area contributed by atoms with Crippen molar-refractivity contribution in [2.45, 2.75) is 26.7 Å². The molecule has 0 saturated carbocycles. The van der Waals surface area contributed by atoms with Gasteiger partial charge in [-0.1, -0.05) is 29.8 Å². The Kier molecular flexibility index (Phi) is 6.89. The number of likely N-dealkylation sites (N-methyl/N-ethyl adjacent to an activating group) is 2. The van der Waals surface area contributed by atoms with Gasteiger partial charge in [-0.15, -0.1) is 0 Å². The number of hydrogen-bond donors (Lipinski definition) is 0. The van der Waals surface area contributed by atoms with Gasteiger partial charge >= 0.3 is 12.0 Å². The number of rotatable bonds is 6. The molecular formula is C28H29N3O6. The molecule has 0 spiro atoms. The fraction of sp³-hybridized carbons (Fsp3) is 0.286. The molecular weight excluding hydrogens is 474 g/mol. The molecule has 0 atom stereocenters. The van der Waals surface area contributed by atoms with Crippen LogP contribution in [0.15, 0.2) is 48.5 Å². The molecule has 192 valence electrons. The van der Waals surface area contributed by atoms with Crippen molar-refractivity contribution in [2.75, 3.05) is 27.8 Å². The summed E-state index contributed by atoms with van der Waals surface area (Å²) in [4.78, 5) is 54.6. The van der Waals surface area contributed by atoms with Crippen molar-refractivity contribution in [2.24, 2.45) is 0 Å². The van der Waals surface area contributed by atoms with Crippen LogP contribution in [0.3, 0.4) is 0 Å². The lowest BCUT2D eigenvalue weighted by Crippen LogP contribution is -2.56. The Labute approximate surface area is 215 Å². The summed E-state index contributed by atoms with van der Waals surface area (Å²) in [6, 6.07) is 14.1. The topological polar surface area (TPSA) is 98.2 Å². The number of amides is 4. The van der Waals surface area contributed by atoms with Crippen LogP contribution < -0.4 is 4.74 Å². The monoisotopic (exact) mass is 503 g/mol. The SMILES string of the molecule is CCOC(=O)c1c(C2C(=O)N(C)C(=O)N(C)C2=O)c(-c2ccc(C)cc2)n(-c2ccc(OC)cc2)c1C. The van der Waals surface area contributed by atoms with Gasteiger partial charge in [-0.2, -0.15) is 0 Å². The molecule has 9 nitrogen and oxygen atoms in total. The Morgan fingerprint density at radius 2 is 1.46 bits per heavy atom. The molecule has 1 aliphatic rings. The molecule has 1 saturated heterocycles. The van der Waals surface area contributed by atoms with Crippen LogP contribution >= 0.6 is 0 Å². The molecule has 3 aromatic rings. The molecule has 9 heteroatoms. The zero-order valence-corrected chi connectivity index (χ0v) is 21.7. The third-order valence-electron chi connectivity index (χ3n) is 6.60. The van der Waals surface area contributed by atoms with E-state index >= 15 is 0 Å². The highest BCUT2D eigenvalue weighted by Crippen LogP contribution is 2.42. The van der Waals surface area contributed by atoms with Crippen molar-refractivity contribution in [3.8, 4) is 22.7 Å². The second-order valence-electron chi connectivity index (χ2n) is 8.85. The first kappa shape index (κ1) is 25.7. The molecule has 0 radical (unpaired) electrons. The molecule has 0 aliphatic carbocycles. The van der Waals surface area contributed by atoms with E-state index in [0.29, 0.717) is 28.4 Å². The zero-order valence-electron chi connectivity index (χ0n) is 21.7. The first-order valence-electron chi connectivity index (χ1n) is 11.8. The van der Waals surface area contributed by atoms with Crippen LogP contribution in [0.5, 0.6) is 5.75 Å². The van der Waals surface area contributed by atoms with E-state index in [9.17, 15) is 19.2 Å². The molecule has 4 rings (SSSR count). The third-order valence-corrected chi connectivity index (χ3v) is 6.60. The molecule has 2 aromatic carbocycles.